The number of hydrogen-bond acceptors (Lipinski definition) is 2. The molecule has 1 aliphatic heterocycles. The summed E-state index contributed by atoms with van der Waals surface area (Å²) in [5.41, 5.74) is 0. The van der Waals surface area contributed by atoms with Crippen molar-refractivity contribution in [2.45, 2.75) is 26.2 Å². The van der Waals surface area contributed by atoms with E-state index < -0.39 is 0 Å². The van der Waals surface area contributed by atoms with Gasteiger partial charge in [0, 0.05) is 13.2 Å². The van der Waals surface area contributed by atoms with Gasteiger partial charge in [0.2, 0.25) is 0 Å². The van der Waals surface area contributed by atoms with E-state index in [1.54, 1.807) is 0 Å². The maximum absolute atomic E-state index is 5.48. The first-order valence-corrected chi connectivity index (χ1v) is 5.10. The fourth-order valence-electron chi connectivity index (χ4n) is 2.06. The molecule has 2 nitrogen and oxygen atoms in total. The lowest BCUT2D eigenvalue weighted by molar-refractivity contribution is 0.0139. The average Bonchev–Trinajstić information content (AvgIpc) is 2.09. The first kappa shape index (κ1) is 10.0. The van der Waals surface area contributed by atoms with E-state index in [4.69, 9.17) is 4.74 Å². The topological polar surface area (TPSA) is 21.3 Å². The van der Waals surface area contributed by atoms with Crippen molar-refractivity contribution in [1.82, 2.24) is 5.32 Å². The van der Waals surface area contributed by atoms with Gasteiger partial charge in [-0.15, -0.1) is 0 Å². The van der Waals surface area contributed by atoms with E-state index in [-0.39, 0.29) is 0 Å². The summed E-state index contributed by atoms with van der Waals surface area (Å²) in [6.07, 6.45) is 3.85. The molecule has 2 heteroatoms. The highest BCUT2D eigenvalue weighted by Crippen LogP contribution is 2.24. The van der Waals surface area contributed by atoms with Crippen LogP contribution in [0.5, 0.6) is 0 Å². The second kappa shape index (κ2) is 5.55. The Hall–Kier alpha value is -0.0800. The Morgan fingerprint density at radius 2 is 2.25 bits per heavy atom. The molecule has 72 valence electrons. The lowest BCUT2D eigenvalue weighted by Crippen LogP contribution is -2.33. The van der Waals surface area contributed by atoms with E-state index in [1.165, 1.54) is 19.3 Å². The van der Waals surface area contributed by atoms with Gasteiger partial charge in [-0.3, -0.25) is 0 Å². The zero-order valence-corrected chi connectivity index (χ0v) is 8.31. The van der Waals surface area contributed by atoms with Crippen LogP contribution in [0.1, 0.15) is 26.2 Å². The molecular formula is C10H21NO. The second-order valence-electron chi connectivity index (χ2n) is 3.73. The van der Waals surface area contributed by atoms with Crippen LogP contribution < -0.4 is 5.32 Å². The van der Waals surface area contributed by atoms with Crippen LogP contribution in [0.15, 0.2) is 0 Å². The normalized spacial score (nSPS) is 30.5. The summed E-state index contributed by atoms with van der Waals surface area (Å²) in [6.45, 7) is 5.37. The summed E-state index contributed by atoms with van der Waals surface area (Å²) < 4.78 is 5.48. The molecule has 1 rings (SSSR count). The largest absolute Gasteiger partial charge is 0.381 e. The Kier molecular flexibility index (Phi) is 4.62. The molecule has 0 aromatic heterocycles. The summed E-state index contributed by atoms with van der Waals surface area (Å²) in [4.78, 5) is 0. The molecule has 2 atom stereocenters. The molecule has 0 amide bonds. The van der Waals surface area contributed by atoms with Crippen LogP contribution in [-0.2, 0) is 4.74 Å². The molecule has 0 spiro atoms. The van der Waals surface area contributed by atoms with Crippen molar-refractivity contribution >= 4 is 0 Å². The number of nitrogens with one attached hydrogen (secondary N) is 1. The smallest absolute Gasteiger partial charge is 0.0497 e. The van der Waals surface area contributed by atoms with Crippen molar-refractivity contribution in [2.75, 3.05) is 26.8 Å². The van der Waals surface area contributed by atoms with E-state index in [0.717, 1.165) is 31.6 Å². The van der Waals surface area contributed by atoms with Crippen LogP contribution in [0, 0.1) is 11.8 Å². The molecule has 0 radical (unpaired) electrons. The predicted molar refractivity (Wildman–Crippen MR) is 51.3 cm³/mol. The molecule has 2 unspecified atom stereocenters. The summed E-state index contributed by atoms with van der Waals surface area (Å²) in [5.74, 6) is 1.65. The minimum Gasteiger partial charge on any atom is -0.381 e. The maximum atomic E-state index is 5.48. The van der Waals surface area contributed by atoms with E-state index in [9.17, 15) is 0 Å². The maximum Gasteiger partial charge on any atom is 0.0497 e. The van der Waals surface area contributed by atoms with Gasteiger partial charge in [0.1, 0.15) is 0 Å². The Balaban J connectivity index is 2.31. The molecule has 1 saturated heterocycles. The Morgan fingerprint density at radius 3 is 2.92 bits per heavy atom. The monoisotopic (exact) mass is 171 g/mol. The van der Waals surface area contributed by atoms with Gasteiger partial charge in [-0.25, -0.2) is 0 Å². The highest BCUT2D eigenvalue weighted by atomic mass is 16.5. The van der Waals surface area contributed by atoms with E-state index in [0.29, 0.717) is 0 Å². The van der Waals surface area contributed by atoms with Crippen LogP contribution in [0.2, 0.25) is 0 Å². The fourth-order valence-corrected chi connectivity index (χ4v) is 2.06. The van der Waals surface area contributed by atoms with Crippen LogP contribution in [-0.4, -0.2) is 26.8 Å². The Morgan fingerprint density at radius 1 is 1.42 bits per heavy atom. The zero-order chi connectivity index (χ0) is 8.81. The van der Waals surface area contributed by atoms with Crippen molar-refractivity contribution < 1.29 is 4.74 Å². The van der Waals surface area contributed by atoms with E-state index in [2.05, 4.69) is 12.2 Å². The molecule has 0 saturated carbocycles. The van der Waals surface area contributed by atoms with Crippen LogP contribution in [0.25, 0.3) is 0 Å². The third-order valence-corrected chi connectivity index (χ3v) is 2.76. The lowest BCUT2D eigenvalue weighted by atomic mass is 9.85. The summed E-state index contributed by atoms with van der Waals surface area (Å²) in [5, 5.41) is 3.27. The van der Waals surface area contributed by atoms with Gasteiger partial charge < -0.3 is 10.1 Å². The molecule has 0 aliphatic carbocycles. The van der Waals surface area contributed by atoms with Gasteiger partial charge >= 0.3 is 0 Å². The summed E-state index contributed by atoms with van der Waals surface area (Å²) in [6, 6.07) is 0. The standard InChI is InChI=1S/C10H21NO/c1-3-4-10-8-12-6-5-9(10)7-11-2/h9-11H,3-8H2,1-2H3. The molecule has 1 N–H and O–H groups in total. The minimum atomic E-state index is 0.802. The summed E-state index contributed by atoms with van der Waals surface area (Å²) >= 11 is 0. The minimum absolute atomic E-state index is 0.802. The fraction of sp³-hybridized carbons (Fsp3) is 1.00. The quantitative estimate of drug-likeness (QED) is 0.694. The van der Waals surface area contributed by atoms with Crippen LogP contribution in [0.3, 0.4) is 0 Å². The first-order chi connectivity index (χ1) is 5.88. The molecule has 0 aromatic rings. The van der Waals surface area contributed by atoms with Gasteiger partial charge in [-0.05, 0) is 38.3 Å². The zero-order valence-electron chi connectivity index (χ0n) is 8.31. The van der Waals surface area contributed by atoms with Gasteiger partial charge in [-0.2, -0.15) is 0 Å². The van der Waals surface area contributed by atoms with Gasteiger partial charge in [-0.1, -0.05) is 13.3 Å². The number of hydrogen-bond donors (Lipinski definition) is 1. The molecule has 0 aromatic carbocycles. The SMILES string of the molecule is CCCC1COCCC1CNC. The van der Waals surface area contributed by atoms with Gasteiger partial charge in [0.05, 0.1) is 0 Å². The summed E-state index contributed by atoms with van der Waals surface area (Å²) in [7, 11) is 2.04. The van der Waals surface area contributed by atoms with Gasteiger partial charge in [0.25, 0.3) is 0 Å². The van der Waals surface area contributed by atoms with Crippen molar-refractivity contribution in [2.24, 2.45) is 11.8 Å². The van der Waals surface area contributed by atoms with Crippen LogP contribution >= 0.6 is 0 Å². The lowest BCUT2D eigenvalue weighted by Gasteiger charge is -2.31. The number of rotatable bonds is 4. The van der Waals surface area contributed by atoms with E-state index >= 15 is 0 Å². The number of ether oxygens (including phenoxy) is 1. The Labute approximate surface area is 75.7 Å². The Bertz CT molecular complexity index is 98.4. The van der Waals surface area contributed by atoms with Crippen molar-refractivity contribution in [3.05, 3.63) is 0 Å². The average molecular weight is 171 g/mol. The highest BCUT2D eigenvalue weighted by Gasteiger charge is 2.23. The molecule has 12 heavy (non-hydrogen) atoms. The third kappa shape index (κ3) is 2.76. The molecule has 1 fully saturated rings. The van der Waals surface area contributed by atoms with E-state index in [1.807, 2.05) is 7.05 Å². The first-order valence-electron chi connectivity index (χ1n) is 5.10. The molecule has 1 heterocycles. The highest BCUT2D eigenvalue weighted by molar-refractivity contribution is 4.74. The van der Waals surface area contributed by atoms with Crippen molar-refractivity contribution in [1.29, 1.82) is 0 Å². The molecule has 0 bridgehead atoms. The molecular weight excluding hydrogens is 150 g/mol. The molecule has 1 aliphatic rings. The van der Waals surface area contributed by atoms with Crippen molar-refractivity contribution in [3.8, 4) is 0 Å². The third-order valence-electron chi connectivity index (χ3n) is 2.76. The second-order valence-corrected chi connectivity index (χ2v) is 3.73. The van der Waals surface area contributed by atoms with Crippen molar-refractivity contribution in [3.63, 3.8) is 0 Å². The van der Waals surface area contributed by atoms with Gasteiger partial charge in [0.15, 0.2) is 0 Å². The van der Waals surface area contributed by atoms with Crippen LogP contribution in [0.4, 0.5) is 0 Å². The predicted octanol–water partition coefficient (Wildman–Crippen LogP) is 1.66.